The summed E-state index contributed by atoms with van der Waals surface area (Å²) in [5.74, 6) is -0.844. The van der Waals surface area contributed by atoms with E-state index in [0.29, 0.717) is 5.69 Å². The molecule has 2 aromatic carbocycles. The third kappa shape index (κ3) is 5.42. The van der Waals surface area contributed by atoms with E-state index in [1.54, 1.807) is 30.3 Å². The van der Waals surface area contributed by atoms with Crippen LogP contribution in [0.3, 0.4) is 0 Å². The van der Waals surface area contributed by atoms with Gasteiger partial charge in [-0.2, -0.15) is 0 Å². The zero-order valence-corrected chi connectivity index (χ0v) is 17.1. The van der Waals surface area contributed by atoms with Crippen molar-refractivity contribution in [3.63, 3.8) is 0 Å². The molecule has 136 valence electrons. The largest absolute Gasteiger partial charge is 0.459 e. The van der Waals surface area contributed by atoms with Crippen molar-refractivity contribution in [2.45, 2.75) is 0 Å². The molecule has 0 aliphatic carbocycles. The van der Waals surface area contributed by atoms with Crippen LogP contribution in [0, 0.1) is 0 Å². The average Bonchev–Trinajstić information content (AvgIpc) is 3.16. The molecule has 0 saturated carbocycles. The summed E-state index contributed by atoms with van der Waals surface area (Å²) in [4.78, 5) is 25.1. The van der Waals surface area contributed by atoms with Crippen molar-refractivity contribution in [1.82, 2.24) is 5.32 Å². The fourth-order valence-corrected chi connectivity index (χ4v) is 3.09. The van der Waals surface area contributed by atoms with E-state index in [4.69, 9.17) is 4.42 Å². The third-order valence-corrected chi connectivity index (χ3v) is 4.47. The topological polar surface area (TPSA) is 71.3 Å². The zero-order chi connectivity index (χ0) is 19.2. The molecule has 0 fully saturated rings. The molecule has 1 heterocycles. The minimum Gasteiger partial charge on any atom is -0.459 e. The van der Waals surface area contributed by atoms with Crippen LogP contribution in [0.4, 0.5) is 5.69 Å². The molecular weight excluding hydrogens is 476 g/mol. The Kier molecular flexibility index (Phi) is 6.26. The summed E-state index contributed by atoms with van der Waals surface area (Å²) in [7, 11) is 0. The van der Waals surface area contributed by atoms with Gasteiger partial charge in [-0.1, -0.05) is 50.1 Å². The van der Waals surface area contributed by atoms with Gasteiger partial charge >= 0.3 is 0 Å². The second-order valence-corrected chi connectivity index (χ2v) is 7.34. The van der Waals surface area contributed by atoms with Crippen molar-refractivity contribution >= 4 is 55.4 Å². The van der Waals surface area contributed by atoms with Gasteiger partial charge in [0.25, 0.3) is 11.8 Å². The summed E-state index contributed by atoms with van der Waals surface area (Å²) in [5, 5.41) is 5.39. The second kappa shape index (κ2) is 8.83. The fourth-order valence-electron chi connectivity index (χ4n) is 2.28. The Balaban J connectivity index is 1.88. The lowest BCUT2D eigenvalue weighted by Gasteiger charge is -2.11. The maximum atomic E-state index is 12.8. The van der Waals surface area contributed by atoms with Crippen LogP contribution < -0.4 is 10.6 Å². The molecule has 5 nitrogen and oxygen atoms in total. The summed E-state index contributed by atoms with van der Waals surface area (Å²) in [6.07, 6.45) is 2.99. The minimum atomic E-state index is -0.509. The molecule has 0 spiro atoms. The summed E-state index contributed by atoms with van der Waals surface area (Å²) >= 11 is 6.76. The molecule has 27 heavy (non-hydrogen) atoms. The number of carbonyl (C=O) groups is 2. The molecule has 3 rings (SSSR count). The van der Waals surface area contributed by atoms with E-state index >= 15 is 0 Å². The van der Waals surface area contributed by atoms with Gasteiger partial charge in [0.1, 0.15) is 5.70 Å². The van der Waals surface area contributed by atoms with Gasteiger partial charge in [-0.05, 0) is 54.1 Å². The van der Waals surface area contributed by atoms with Gasteiger partial charge in [0.2, 0.25) is 0 Å². The fraction of sp³-hybridized carbons (Fsp3) is 0. The lowest BCUT2D eigenvalue weighted by Crippen LogP contribution is -2.30. The number of hydrogen-bond donors (Lipinski definition) is 2. The lowest BCUT2D eigenvalue weighted by atomic mass is 10.2. The number of anilines is 1. The van der Waals surface area contributed by atoms with Gasteiger partial charge in [0, 0.05) is 14.6 Å². The van der Waals surface area contributed by atoms with Crippen molar-refractivity contribution in [1.29, 1.82) is 0 Å². The van der Waals surface area contributed by atoms with E-state index in [2.05, 4.69) is 42.5 Å². The van der Waals surface area contributed by atoms with E-state index in [1.165, 1.54) is 12.3 Å². The number of benzene rings is 2. The molecule has 0 radical (unpaired) electrons. The maximum Gasteiger partial charge on any atom is 0.291 e. The summed E-state index contributed by atoms with van der Waals surface area (Å²) in [6, 6.07) is 17.7. The predicted octanol–water partition coefficient (Wildman–Crippen LogP) is 5.21. The number of halogens is 2. The van der Waals surface area contributed by atoms with Crippen molar-refractivity contribution < 1.29 is 14.0 Å². The normalized spacial score (nSPS) is 11.1. The van der Waals surface area contributed by atoms with Crippen LogP contribution in [0.15, 0.2) is 86.0 Å². The number of hydrogen-bond acceptors (Lipinski definition) is 3. The van der Waals surface area contributed by atoms with Crippen molar-refractivity contribution in [3.8, 4) is 0 Å². The molecule has 7 heteroatoms. The predicted molar refractivity (Wildman–Crippen MR) is 111 cm³/mol. The first-order valence-electron chi connectivity index (χ1n) is 7.90. The van der Waals surface area contributed by atoms with Gasteiger partial charge in [-0.3, -0.25) is 9.59 Å². The highest BCUT2D eigenvalue weighted by atomic mass is 79.9. The Morgan fingerprint density at radius 3 is 2.33 bits per heavy atom. The molecule has 0 aliphatic heterocycles. The monoisotopic (exact) mass is 488 g/mol. The van der Waals surface area contributed by atoms with Gasteiger partial charge in [0.05, 0.1) is 6.26 Å². The van der Waals surface area contributed by atoms with Crippen LogP contribution >= 0.6 is 31.9 Å². The zero-order valence-electron chi connectivity index (χ0n) is 13.9. The SMILES string of the molecule is O=C(Nc1cccc(Br)c1)C(=Cc1cccc(Br)c1)NC(=O)c1ccco1. The first-order valence-corrected chi connectivity index (χ1v) is 9.49. The Labute approximate surface area is 172 Å². The van der Waals surface area contributed by atoms with E-state index in [0.717, 1.165) is 14.5 Å². The van der Waals surface area contributed by atoms with E-state index < -0.39 is 11.8 Å². The van der Waals surface area contributed by atoms with Crippen molar-refractivity contribution in [2.24, 2.45) is 0 Å². The molecule has 2 N–H and O–H groups in total. The number of amides is 2. The molecule has 3 aromatic rings. The lowest BCUT2D eigenvalue weighted by molar-refractivity contribution is -0.113. The second-order valence-electron chi connectivity index (χ2n) is 5.51. The smallest absolute Gasteiger partial charge is 0.291 e. The molecule has 0 atom stereocenters. The van der Waals surface area contributed by atoms with Crippen LogP contribution in [0.5, 0.6) is 0 Å². The minimum absolute atomic E-state index is 0.0921. The van der Waals surface area contributed by atoms with E-state index in [1.807, 2.05) is 30.3 Å². The summed E-state index contributed by atoms with van der Waals surface area (Å²) in [5.41, 5.74) is 1.44. The van der Waals surface area contributed by atoms with Crippen LogP contribution in [-0.2, 0) is 4.79 Å². The molecule has 1 aromatic heterocycles. The number of rotatable bonds is 5. The van der Waals surface area contributed by atoms with Gasteiger partial charge < -0.3 is 15.1 Å². The Morgan fingerprint density at radius 2 is 1.67 bits per heavy atom. The first kappa shape index (κ1) is 19.1. The third-order valence-electron chi connectivity index (χ3n) is 3.48. The highest BCUT2D eigenvalue weighted by Crippen LogP contribution is 2.18. The van der Waals surface area contributed by atoms with Crippen molar-refractivity contribution in [2.75, 3.05) is 5.32 Å². The highest BCUT2D eigenvalue weighted by molar-refractivity contribution is 9.10. The molecule has 2 amide bonds. The first-order chi connectivity index (χ1) is 13.0. The summed E-state index contributed by atoms with van der Waals surface area (Å²) in [6.45, 7) is 0. The van der Waals surface area contributed by atoms with Crippen LogP contribution in [0.25, 0.3) is 6.08 Å². The van der Waals surface area contributed by atoms with Crippen LogP contribution in [0.2, 0.25) is 0 Å². The standard InChI is InChI=1S/C20H14Br2N2O3/c21-14-5-1-4-13(10-14)11-17(24-20(26)18-8-3-9-27-18)19(25)23-16-7-2-6-15(22)12-16/h1-12H,(H,23,25)(H,24,26). The summed E-state index contributed by atoms with van der Waals surface area (Å²) < 4.78 is 6.79. The highest BCUT2D eigenvalue weighted by Gasteiger charge is 2.16. The Morgan fingerprint density at radius 1 is 0.926 bits per heavy atom. The molecule has 0 bridgehead atoms. The maximum absolute atomic E-state index is 12.8. The van der Waals surface area contributed by atoms with Gasteiger partial charge in [-0.25, -0.2) is 0 Å². The van der Waals surface area contributed by atoms with Gasteiger partial charge in [-0.15, -0.1) is 0 Å². The molecule has 0 aliphatic rings. The molecule has 0 saturated heterocycles. The Bertz CT molecular complexity index is 998. The number of furan rings is 1. The van der Waals surface area contributed by atoms with E-state index in [9.17, 15) is 9.59 Å². The van der Waals surface area contributed by atoms with E-state index in [-0.39, 0.29) is 11.5 Å². The van der Waals surface area contributed by atoms with Gasteiger partial charge in [0.15, 0.2) is 5.76 Å². The quantitative estimate of drug-likeness (QED) is 0.483. The molecular formula is C20H14Br2N2O3. The van der Waals surface area contributed by atoms with Crippen LogP contribution in [-0.4, -0.2) is 11.8 Å². The van der Waals surface area contributed by atoms with Crippen molar-refractivity contribution in [3.05, 3.63) is 92.9 Å². The number of carbonyl (C=O) groups excluding carboxylic acids is 2. The Hall–Kier alpha value is -2.64. The number of nitrogens with one attached hydrogen (secondary N) is 2. The average molecular weight is 490 g/mol. The van der Waals surface area contributed by atoms with Crippen LogP contribution in [0.1, 0.15) is 16.1 Å². The molecule has 0 unspecified atom stereocenters.